The van der Waals surface area contributed by atoms with Crippen molar-refractivity contribution in [3.8, 4) is 28.5 Å². The molecule has 31 heavy (non-hydrogen) atoms. The minimum absolute atomic E-state index is 0.288. The van der Waals surface area contributed by atoms with Crippen molar-refractivity contribution in [3.63, 3.8) is 0 Å². The molecule has 0 atom stereocenters. The number of H-pyrrole nitrogens is 1. The second-order valence-electron chi connectivity index (χ2n) is 8.68. The zero-order chi connectivity index (χ0) is 21.4. The Kier molecular flexibility index (Phi) is 5.14. The Morgan fingerprint density at radius 3 is 2.52 bits per heavy atom. The number of nitrogens with one attached hydrogen (secondary N) is 1. The van der Waals surface area contributed by atoms with Gasteiger partial charge in [0.2, 0.25) is 5.88 Å². The smallest absolute Gasteiger partial charge is 0.213 e. The first-order valence-corrected chi connectivity index (χ1v) is 11.0. The summed E-state index contributed by atoms with van der Waals surface area (Å²) in [5.74, 6) is 2.29. The Labute approximate surface area is 182 Å². The van der Waals surface area contributed by atoms with Gasteiger partial charge >= 0.3 is 0 Å². The van der Waals surface area contributed by atoms with E-state index in [9.17, 15) is 0 Å². The van der Waals surface area contributed by atoms with E-state index in [-0.39, 0.29) is 6.10 Å². The predicted molar refractivity (Wildman–Crippen MR) is 122 cm³/mol. The summed E-state index contributed by atoms with van der Waals surface area (Å²) in [6, 6.07) is 10.0. The lowest BCUT2D eigenvalue weighted by Gasteiger charge is -2.26. The van der Waals surface area contributed by atoms with Crippen molar-refractivity contribution < 1.29 is 4.74 Å². The topological polar surface area (TPSA) is 76.6 Å². The molecule has 1 aliphatic carbocycles. The van der Waals surface area contributed by atoms with Gasteiger partial charge in [-0.3, -0.25) is 4.98 Å². The van der Waals surface area contributed by atoms with Crippen molar-refractivity contribution in [2.75, 3.05) is 0 Å². The van der Waals surface area contributed by atoms with Gasteiger partial charge in [-0.25, -0.2) is 15.0 Å². The van der Waals surface area contributed by atoms with Gasteiger partial charge in [0.25, 0.3) is 0 Å². The second-order valence-corrected chi connectivity index (χ2v) is 8.68. The molecule has 0 bridgehead atoms. The third-order valence-corrected chi connectivity index (χ3v) is 6.13. The number of fused-ring (bicyclic) bond motifs is 1. The molecule has 4 aromatic heterocycles. The molecular formula is C25H27N5O. The van der Waals surface area contributed by atoms with Crippen LogP contribution in [0.15, 0.2) is 42.7 Å². The molecule has 6 nitrogen and oxygen atoms in total. The minimum atomic E-state index is 0.288. The fourth-order valence-electron chi connectivity index (χ4n) is 4.20. The zero-order valence-electron chi connectivity index (χ0n) is 18.2. The van der Waals surface area contributed by atoms with E-state index in [4.69, 9.17) is 4.74 Å². The largest absolute Gasteiger partial charge is 0.474 e. The van der Waals surface area contributed by atoms with Crippen LogP contribution in [0.2, 0.25) is 0 Å². The van der Waals surface area contributed by atoms with Crippen LogP contribution in [0.3, 0.4) is 0 Å². The molecule has 4 heterocycles. The maximum Gasteiger partial charge on any atom is 0.213 e. The number of pyridine rings is 3. The summed E-state index contributed by atoms with van der Waals surface area (Å²) in [6.45, 7) is 6.35. The molecule has 0 spiro atoms. The van der Waals surface area contributed by atoms with Gasteiger partial charge in [0, 0.05) is 35.3 Å². The van der Waals surface area contributed by atoms with E-state index in [0.717, 1.165) is 63.8 Å². The van der Waals surface area contributed by atoms with Crippen molar-refractivity contribution in [1.29, 1.82) is 0 Å². The molecule has 0 aromatic carbocycles. The summed E-state index contributed by atoms with van der Waals surface area (Å²) in [5.41, 5.74) is 6.53. The highest BCUT2D eigenvalue weighted by atomic mass is 16.5. The van der Waals surface area contributed by atoms with E-state index in [1.54, 1.807) is 0 Å². The molecule has 0 aliphatic heterocycles. The normalized spacial score (nSPS) is 18.9. The van der Waals surface area contributed by atoms with Crippen LogP contribution in [-0.4, -0.2) is 31.0 Å². The third-order valence-electron chi connectivity index (χ3n) is 6.13. The summed E-state index contributed by atoms with van der Waals surface area (Å²) in [5, 5.41) is 0. The number of aromatic nitrogens is 5. The van der Waals surface area contributed by atoms with Gasteiger partial charge in [-0.2, -0.15) is 0 Å². The number of nitrogens with zero attached hydrogens (tertiary/aromatic N) is 4. The summed E-state index contributed by atoms with van der Waals surface area (Å²) >= 11 is 0. The average Bonchev–Trinajstić information content (AvgIpc) is 3.18. The van der Waals surface area contributed by atoms with E-state index < -0.39 is 0 Å². The first-order chi connectivity index (χ1) is 15.0. The lowest BCUT2D eigenvalue weighted by atomic mass is 9.89. The van der Waals surface area contributed by atoms with Crippen LogP contribution in [0.1, 0.15) is 43.9 Å². The van der Waals surface area contributed by atoms with Crippen molar-refractivity contribution in [3.05, 3.63) is 54.0 Å². The SMILES string of the molecule is Cc1ccc2[nH]c(-c3cnc(-c4ccc(O[C@H]5CC[C@@H](C)CC5)nc4)cc3C)nc2n1. The van der Waals surface area contributed by atoms with Crippen LogP contribution in [0.4, 0.5) is 0 Å². The molecular weight excluding hydrogens is 386 g/mol. The van der Waals surface area contributed by atoms with E-state index in [1.165, 1.54) is 12.8 Å². The van der Waals surface area contributed by atoms with E-state index in [2.05, 4.69) is 44.8 Å². The Morgan fingerprint density at radius 2 is 1.77 bits per heavy atom. The lowest BCUT2D eigenvalue weighted by Crippen LogP contribution is -2.23. The number of rotatable bonds is 4. The fourth-order valence-corrected chi connectivity index (χ4v) is 4.20. The highest BCUT2D eigenvalue weighted by Gasteiger charge is 2.20. The van der Waals surface area contributed by atoms with Crippen LogP contribution >= 0.6 is 0 Å². The number of aromatic amines is 1. The van der Waals surface area contributed by atoms with Gasteiger partial charge in [0.15, 0.2) is 5.65 Å². The lowest BCUT2D eigenvalue weighted by molar-refractivity contribution is 0.130. The number of aryl methyl sites for hydroxylation is 2. The van der Waals surface area contributed by atoms with Gasteiger partial charge in [-0.05, 0) is 75.3 Å². The molecule has 1 fully saturated rings. The number of hydrogen-bond acceptors (Lipinski definition) is 5. The molecule has 158 valence electrons. The first kappa shape index (κ1) is 19.7. The van der Waals surface area contributed by atoms with E-state index in [0.29, 0.717) is 5.88 Å². The highest BCUT2D eigenvalue weighted by molar-refractivity contribution is 5.77. The molecule has 1 N–H and O–H groups in total. The zero-order valence-corrected chi connectivity index (χ0v) is 18.2. The molecule has 0 radical (unpaired) electrons. The number of ether oxygens (including phenoxy) is 1. The van der Waals surface area contributed by atoms with Crippen LogP contribution < -0.4 is 4.74 Å². The van der Waals surface area contributed by atoms with Gasteiger partial charge in [0.05, 0.1) is 11.2 Å². The molecule has 6 heteroatoms. The third kappa shape index (κ3) is 4.15. The second kappa shape index (κ2) is 8.10. The van der Waals surface area contributed by atoms with Gasteiger partial charge in [0.1, 0.15) is 11.9 Å². The maximum atomic E-state index is 6.08. The molecule has 4 aromatic rings. The summed E-state index contributed by atoms with van der Waals surface area (Å²) in [7, 11) is 0. The predicted octanol–water partition coefficient (Wildman–Crippen LogP) is 5.66. The average molecular weight is 414 g/mol. The van der Waals surface area contributed by atoms with Crippen molar-refractivity contribution in [2.24, 2.45) is 5.92 Å². The van der Waals surface area contributed by atoms with Gasteiger partial charge < -0.3 is 9.72 Å². The minimum Gasteiger partial charge on any atom is -0.474 e. The van der Waals surface area contributed by atoms with Crippen LogP contribution in [0, 0.1) is 19.8 Å². The molecule has 0 amide bonds. The first-order valence-electron chi connectivity index (χ1n) is 11.0. The maximum absolute atomic E-state index is 6.08. The molecule has 1 aliphatic rings. The standard InChI is InChI=1S/C25H27N5O/c1-15-4-8-19(9-5-15)31-23-11-7-18(13-27-23)22-12-16(2)20(14-26-22)24-29-21-10-6-17(3)28-25(21)30-24/h6-7,10-15,19H,4-5,8-9H2,1-3H3,(H,28,29,30)/t15-,19+. The van der Waals surface area contributed by atoms with Crippen LogP contribution in [-0.2, 0) is 0 Å². The van der Waals surface area contributed by atoms with Gasteiger partial charge in [-0.15, -0.1) is 0 Å². The van der Waals surface area contributed by atoms with Crippen molar-refractivity contribution in [2.45, 2.75) is 52.6 Å². The Bertz CT molecular complexity index is 1210. The summed E-state index contributed by atoms with van der Waals surface area (Å²) in [6.07, 6.45) is 8.70. The highest BCUT2D eigenvalue weighted by Crippen LogP contribution is 2.29. The molecule has 0 saturated heterocycles. The van der Waals surface area contributed by atoms with Crippen LogP contribution in [0.25, 0.3) is 33.8 Å². The van der Waals surface area contributed by atoms with Gasteiger partial charge in [-0.1, -0.05) is 6.92 Å². The van der Waals surface area contributed by atoms with E-state index in [1.807, 2.05) is 43.6 Å². The quantitative estimate of drug-likeness (QED) is 0.467. The van der Waals surface area contributed by atoms with Crippen LogP contribution in [0.5, 0.6) is 5.88 Å². The monoisotopic (exact) mass is 413 g/mol. The molecule has 5 rings (SSSR count). The van der Waals surface area contributed by atoms with Crippen molar-refractivity contribution >= 4 is 11.2 Å². The Morgan fingerprint density at radius 1 is 0.935 bits per heavy atom. The van der Waals surface area contributed by atoms with E-state index >= 15 is 0 Å². The molecule has 0 unspecified atom stereocenters. The summed E-state index contributed by atoms with van der Waals surface area (Å²) < 4.78 is 6.08. The summed E-state index contributed by atoms with van der Waals surface area (Å²) in [4.78, 5) is 21.7. The van der Waals surface area contributed by atoms with Crippen molar-refractivity contribution in [1.82, 2.24) is 24.9 Å². The number of hydrogen-bond donors (Lipinski definition) is 1. The Balaban J connectivity index is 1.34. The molecule has 1 saturated carbocycles. The fraction of sp³-hybridized carbons (Fsp3) is 0.360. The number of imidazole rings is 1. The Hall–Kier alpha value is -3.28.